The second-order valence-electron chi connectivity index (χ2n) is 5.33. The molecule has 2 rings (SSSR count). The minimum atomic E-state index is -1.16. The Hall–Kier alpha value is -1.63. The zero-order valence-corrected chi connectivity index (χ0v) is 11.6. The Morgan fingerprint density at radius 2 is 2.25 bits per heavy atom. The molecule has 1 amide bonds. The van der Waals surface area contributed by atoms with Crippen LogP contribution in [0.4, 0.5) is 0 Å². The number of rotatable bonds is 4. The molecule has 0 radical (unpaired) electrons. The highest BCUT2D eigenvalue weighted by molar-refractivity contribution is 5.49. The van der Waals surface area contributed by atoms with Crippen molar-refractivity contribution < 1.29 is 19.8 Å². The first-order valence-corrected chi connectivity index (χ1v) is 6.61. The van der Waals surface area contributed by atoms with E-state index in [2.05, 4.69) is 0 Å². The molecule has 0 fully saturated rings. The number of hydroxylamine groups is 1. The van der Waals surface area contributed by atoms with Crippen molar-refractivity contribution in [1.29, 1.82) is 0 Å². The van der Waals surface area contributed by atoms with Crippen molar-refractivity contribution in [2.75, 3.05) is 6.54 Å². The molecule has 6 nitrogen and oxygen atoms in total. The van der Waals surface area contributed by atoms with Crippen molar-refractivity contribution >= 4 is 6.41 Å². The highest BCUT2D eigenvalue weighted by atomic mass is 16.5. The monoisotopic (exact) mass is 280 g/mol. The van der Waals surface area contributed by atoms with Gasteiger partial charge in [-0.3, -0.25) is 4.79 Å². The lowest BCUT2D eigenvalue weighted by Gasteiger charge is -2.23. The fraction of sp³-hybridized carbons (Fsp3) is 0.500. The minimum Gasteiger partial charge on any atom is -0.488 e. The van der Waals surface area contributed by atoms with E-state index in [4.69, 9.17) is 9.94 Å². The predicted octanol–water partition coefficient (Wildman–Crippen LogP) is 1.03. The van der Waals surface area contributed by atoms with Crippen LogP contribution < -0.4 is 10.2 Å². The Bertz CT molecular complexity index is 478. The van der Waals surface area contributed by atoms with E-state index in [1.807, 2.05) is 13.8 Å². The Labute approximate surface area is 117 Å². The smallest absolute Gasteiger partial charge is 0.210 e. The lowest BCUT2D eigenvalue weighted by molar-refractivity contribution is -0.119. The Morgan fingerprint density at radius 1 is 1.50 bits per heavy atom. The van der Waals surface area contributed by atoms with E-state index in [9.17, 15) is 9.90 Å². The fourth-order valence-corrected chi connectivity index (χ4v) is 2.20. The molecule has 1 aromatic carbocycles. The van der Waals surface area contributed by atoms with Crippen LogP contribution in [0.2, 0.25) is 0 Å². The highest BCUT2D eigenvalue weighted by Crippen LogP contribution is 2.29. The summed E-state index contributed by atoms with van der Waals surface area (Å²) in [5.41, 5.74) is 3.18. The van der Waals surface area contributed by atoms with Gasteiger partial charge in [-0.15, -0.1) is 0 Å². The summed E-state index contributed by atoms with van der Waals surface area (Å²) in [7, 11) is 0. The largest absolute Gasteiger partial charge is 0.488 e. The molecular formula is C14H20N2O4. The van der Waals surface area contributed by atoms with Gasteiger partial charge in [-0.25, -0.2) is 0 Å². The van der Waals surface area contributed by atoms with Gasteiger partial charge in [-0.1, -0.05) is 26.0 Å². The van der Waals surface area contributed by atoms with Crippen LogP contribution in [0.3, 0.4) is 0 Å². The van der Waals surface area contributed by atoms with Crippen LogP contribution in [0.5, 0.6) is 5.75 Å². The van der Waals surface area contributed by atoms with E-state index in [1.54, 1.807) is 28.6 Å². The van der Waals surface area contributed by atoms with Gasteiger partial charge in [0.05, 0.1) is 6.54 Å². The number of hydrogen-bond acceptors (Lipinski definition) is 5. The van der Waals surface area contributed by atoms with Gasteiger partial charge in [0, 0.05) is 17.7 Å². The van der Waals surface area contributed by atoms with Gasteiger partial charge in [0.1, 0.15) is 11.9 Å². The van der Waals surface area contributed by atoms with Crippen LogP contribution in [0.15, 0.2) is 18.2 Å². The molecule has 1 aliphatic heterocycles. The molecule has 6 heteroatoms. The Kier molecular flexibility index (Phi) is 4.59. The van der Waals surface area contributed by atoms with Crippen molar-refractivity contribution in [2.24, 2.45) is 5.92 Å². The SMILES string of the molecule is CC(C)[C@@H]1CN(C=O)Cc2ccc(C(O)NO)cc2O1. The van der Waals surface area contributed by atoms with Gasteiger partial charge in [-0.2, -0.15) is 5.48 Å². The van der Waals surface area contributed by atoms with Crippen molar-refractivity contribution in [3.8, 4) is 5.75 Å². The fourth-order valence-electron chi connectivity index (χ4n) is 2.20. The Morgan fingerprint density at radius 3 is 2.85 bits per heavy atom. The average Bonchev–Trinajstić information content (AvgIpc) is 2.64. The summed E-state index contributed by atoms with van der Waals surface area (Å²) in [6.07, 6.45) is -0.436. The van der Waals surface area contributed by atoms with Gasteiger partial charge in [0.15, 0.2) is 6.23 Å². The van der Waals surface area contributed by atoms with E-state index in [0.717, 1.165) is 12.0 Å². The maximum Gasteiger partial charge on any atom is 0.210 e. The third-order valence-electron chi connectivity index (χ3n) is 3.49. The number of amides is 1. The first kappa shape index (κ1) is 14.8. The molecule has 1 aromatic rings. The molecule has 2 atom stereocenters. The molecule has 3 N–H and O–H groups in total. The van der Waals surface area contributed by atoms with E-state index in [0.29, 0.717) is 24.4 Å². The van der Waals surface area contributed by atoms with E-state index in [1.165, 1.54) is 0 Å². The molecule has 0 aliphatic carbocycles. The summed E-state index contributed by atoms with van der Waals surface area (Å²) >= 11 is 0. The summed E-state index contributed by atoms with van der Waals surface area (Å²) in [5, 5.41) is 18.4. The summed E-state index contributed by atoms with van der Waals surface area (Å²) in [4.78, 5) is 12.8. The molecule has 1 unspecified atom stereocenters. The summed E-state index contributed by atoms with van der Waals surface area (Å²) in [6, 6.07) is 5.17. The molecule has 0 spiro atoms. The zero-order valence-electron chi connectivity index (χ0n) is 11.6. The molecule has 0 saturated carbocycles. The van der Waals surface area contributed by atoms with Crippen molar-refractivity contribution in [3.63, 3.8) is 0 Å². The molecule has 0 aromatic heterocycles. The number of fused-ring (bicyclic) bond motifs is 1. The van der Waals surface area contributed by atoms with Crippen LogP contribution in [0.1, 0.15) is 31.2 Å². The van der Waals surface area contributed by atoms with Crippen molar-refractivity contribution in [2.45, 2.75) is 32.7 Å². The number of carbonyl (C=O) groups excluding carboxylic acids is 1. The predicted molar refractivity (Wildman–Crippen MR) is 72.1 cm³/mol. The lowest BCUT2D eigenvalue weighted by atomic mass is 10.1. The first-order chi connectivity index (χ1) is 9.55. The number of aliphatic hydroxyl groups is 1. The van der Waals surface area contributed by atoms with Gasteiger partial charge >= 0.3 is 0 Å². The van der Waals surface area contributed by atoms with Crippen LogP contribution >= 0.6 is 0 Å². The lowest BCUT2D eigenvalue weighted by Crippen LogP contribution is -2.35. The maximum atomic E-state index is 11.1. The quantitative estimate of drug-likeness (QED) is 0.436. The number of carbonyl (C=O) groups is 1. The van der Waals surface area contributed by atoms with E-state index < -0.39 is 6.23 Å². The van der Waals surface area contributed by atoms with Crippen LogP contribution in [0.25, 0.3) is 0 Å². The molecule has 0 bridgehead atoms. The van der Waals surface area contributed by atoms with Crippen molar-refractivity contribution in [3.05, 3.63) is 29.3 Å². The van der Waals surface area contributed by atoms with Gasteiger partial charge in [0.25, 0.3) is 0 Å². The number of nitrogens with zero attached hydrogens (tertiary/aromatic N) is 1. The summed E-state index contributed by atoms with van der Waals surface area (Å²) < 4.78 is 5.96. The number of benzene rings is 1. The van der Waals surface area contributed by atoms with Gasteiger partial charge in [0.2, 0.25) is 6.41 Å². The molecule has 20 heavy (non-hydrogen) atoms. The van der Waals surface area contributed by atoms with Gasteiger partial charge < -0.3 is 20.0 Å². The summed E-state index contributed by atoms with van der Waals surface area (Å²) in [6.45, 7) is 5.08. The summed E-state index contributed by atoms with van der Waals surface area (Å²) in [5.74, 6) is 0.896. The standard InChI is InChI=1S/C14H20N2O4/c1-9(2)13-7-16(8-17)6-11-4-3-10(14(18)15-19)5-12(11)20-13/h3-5,8-9,13-15,18-19H,6-7H2,1-2H3/t13-,14?/m0/s1. The molecular weight excluding hydrogens is 260 g/mol. The topological polar surface area (TPSA) is 82.0 Å². The average molecular weight is 280 g/mol. The second-order valence-corrected chi connectivity index (χ2v) is 5.33. The zero-order chi connectivity index (χ0) is 14.7. The molecule has 110 valence electrons. The van der Waals surface area contributed by atoms with Crippen LogP contribution in [-0.2, 0) is 11.3 Å². The highest BCUT2D eigenvalue weighted by Gasteiger charge is 2.25. The number of ether oxygens (including phenoxy) is 1. The first-order valence-electron chi connectivity index (χ1n) is 6.61. The van der Waals surface area contributed by atoms with E-state index in [-0.39, 0.29) is 12.0 Å². The third kappa shape index (κ3) is 3.09. The van der Waals surface area contributed by atoms with Crippen LogP contribution in [-0.4, -0.2) is 34.3 Å². The second kappa shape index (κ2) is 6.21. The van der Waals surface area contributed by atoms with Crippen LogP contribution in [0, 0.1) is 5.92 Å². The van der Waals surface area contributed by atoms with Gasteiger partial charge in [-0.05, 0) is 12.0 Å². The number of hydrogen-bond donors (Lipinski definition) is 3. The molecule has 1 aliphatic rings. The van der Waals surface area contributed by atoms with E-state index >= 15 is 0 Å². The maximum absolute atomic E-state index is 11.1. The minimum absolute atomic E-state index is 0.101. The molecule has 0 saturated heterocycles. The number of aliphatic hydroxyl groups excluding tert-OH is 1. The van der Waals surface area contributed by atoms with Crippen molar-refractivity contribution in [1.82, 2.24) is 10.4 Å². The normalized spacial score (nSPS) is 20.1. The number of nitrogens with one attached hydrogen (secondary N) is 1. The molecule has 1 heterocycles. The Balaban J connectivity index is 2.34. The third-order valence-corrected chi connectivity index (χ3v) is 3.49.